The number of aryl methyl sites for hydroxylation is 1. The topological polar surface area (TPSA) is 169 Å². The summed E-state index contributed by atoms with van der Waals surface area (Å²) in [5, 5.41) is 16.1. The van der Waals surface area contributed by atoms with Crippen molar-refractivity contribution in [2.24, 2.45) is 13.0 Å². The number of amides is 5. The lowest BCUT2D eigenvalue weighted by Gasteiger charge is -2.39. The van der Waals surface area contributed by atoms with Gasteiger partial charge in [-0.25, -0.2) is 4.79 Å². The molecule has 3 N–H and O–H groups in total. The lowest BCUT2D eigenvalue weighted by molar-refractivity contribution is -0.139. The van der Waals surface area contributed by atoms with E-state index in [0.29, 0.717) is 48.2 Å². The van der Waals surface area contributed by atoms with E-state index in [1.807, 2.05) is 30.5 Å². The summed E-state index contributed by atoms with van der Waals surface area (Å²) in [6.07, 6.45) is 6.99. The summed E-state index contributed by atoms with van der Waals surface area (Å²) < 4.78 is 13.6. The van der Waals surface area contributed by atoms with Gasteiger partial charge in [0.15, 0.2) is 6.23 Å². The van der Waals surface area contributed by atoms with Crippen molar-refractivity contribution in [3.63, 3.8) is 0 Å². The Balaban J connectivity index is 0.828. The molecule has 0 aliphatic carbocycles. The van der Waals surface area contributed by atoms with Gasteiger partial charge in [-0.05, 0) is 119 Å². The molecule has 1 aromatic heterocycles. The molecular weight excluding hydrogens is 793 g/mol. The van der Waals surface area contributed by atoms with E-state index in [-0.39, 0.29) is 42.8 Å². The first-order valence-corrected chi connectivity index (χ1v) is 22.0. The van der Waals surface area contributed by atoms with E-state index in [2.05, 4.69) is 32.4 Å². The molecule has 3 aromatic rings. The maximum atomic E-state index is 13.2. The maximum absolute atomic E-state index is 13.2. The minimum Gasteiger partial charge on any atom is -0.496 e. The molecule has 2 aromatic carbocycles. The molecule has 6 heterocycles. The quantitative estimate of drug-likeness (QED) is 0.243. The number of nitrogens with one attached hydrogen (secondary N) is 2. The number of aliphatic hydroxyl groups is 1. The summed E-state index contributed by atoms with van der Waals surface area (Å²) >= 11 is 0. The summed E-state index contributed by atoms with van der Waals surface area (Å²) in [7, 11) is 8.97. The largest absolute Gasteiger partial charge is 0.496 e. The van der Waals surface area contributed by atoms with Gasteiger partial charge < -0.3 is 39.2 Å². The average Bonchev–Trinajstić information content (AvgIpc) is 3.54. The summed E-state index contributed by atoms with van der Waals surface area (Å²) in [6, 6.07) is 9.08. The van der Waals surface area contributed by atoms with E-state index in [1.165, 1.54) is 4.90 Å². The van der Waals surface area contributed by atoms with E-state index in [9.17, 15) is 29.1 Å². The number of pyridine rings is 1. The second kappa shape index (κ2) is 18.1. The van der Waals surface area contributed by atoms with Gasteiger partial charge in [0.1, 0.15) is 17.5 Å². The van der Waals surface area contributed by atoms with Gasteiger partial charge >= 0.3 is 6.03 Å². The number of ether oxygens (including phenoxy) is 2. The third-order valence-electron chi connectivity index (χ3n) is 14.0. The minimum atomic E-state index is -1.23. The first-order valence-electron chi connectivity index (χ1n) is 22.0. The molecule has 3 saturated heterocycles. The molecule has 8 rings (SSSR count). The van der Waals surface area contributed by atoms with E-state index in [0.717, 1.165) is 104 Å². The van der Waals surface area contributed by atoms with Crippen LogP contribution < -0.4 is 30.6 Å². The summed E-state index contributed by atoms with van der Waals surface area (Å²) in [5.74, 6) is 0.858. The molecule has 16 heteroatoms. The molecule has 0 spiro atoms. The number of aliphatic hydroxyl groups excluding tert-OH is 1. The van der Waals surface area contributed by atoms with Gasteiger partial charge in [-0.15, -0.1) is 0 Å². The van der Waals surface area contributed by atoms with Crippen LogP contribution in [-0.4, -0.2) is 133 Å². The summed E-state index contributed by atoms with van der Waals surface area (Å²) in [5.41, 5.74) is 6.23. The Hall–Kier alpha value is -5.45. The molecule has 0 bridgehead atoms. The molecule has 3 fully saturated rings. The fourth-order valence-corrected chi connectivity index (χ4v) is 10.3. The average molecular weight is 853 g/mol. The maximum Gasteiger partial charge on any atom is 0.317 e. The predicted molar refractivity (Wildman–Crippen MR) is 233 cm³/mol. The molecule has 5 aliphatic rings. The van der Waals surface area contributed by atoms with Crippen molar-refractivity contribution >= 4 is 29.4 Å². The van der Waals surface area contributed by atoms with E-state index >= 15 is 0 Å². The predicted octanol–water partition coefficient (Wildman–Crippen LogP) is 3.22. The number of methoxy groups -OCH3 is 2. The highest BCUT2D eigenvalue weighted by molar-refractivity contribution is 6.06. The zero-order valence-electron chi connectivity index (χ0n) is 36.6. The molecular formula is C46H60N8O8. The van der Waals surface area contributed by atoms with Crippen LogP contribution in [0.3, 0.4) is 0 Å². The van der Waals surface area contributed by atoms with E-state index in [4.69, 9.17) is 9.47 Å². The molecule has 0 saturated carbocycles. The number of hydrogen-bond acceptors (Lipinski definition) is 11. The Morgan fingerprint density at radius 3 is 2.27 bits per heavy atom. The molecule has 0 radical (unpaired) electrons. The molecule has 62 heavy (non-hydrogen) atoms. The van der Waals surface area contributed by atoms with Crippen LogP contribution in [0.5, 0.6) is 11.5 Å². The zero-order chi connectivity index (χ0) is 43.8. The third kappa shape index (κ3) is 8.39. The van der Waals surface area contributed by atoms with Crippen molar-refractivity contribution < 1.29 is 33.8 Å². The zero-order valence-corrected chi connectivity index (χ0v) is 36.6. The standard InChI is InChI=1S/C46H60N8O8/c1-47-46(60)53-21-15-32-35(25-50(3)43(57)36(32)27-53)29-22-39(61-4)37(40(23-29)62-5)26-51-17-11-28(12-18-51)10-16-49(2)30-13-19-52(20-14-30)31-6-7-33-34(24-31)45(59)54(44(33)58)38-8-9-41(55)48-42(38)56/h6-7,22-25,28,30,38,45,59H,8-21,26-27H2,1-5H3,(H,47,60)(H,48,55,56). The van der Waals surface area contributed by atoms with Crippen LogP contribution in [0.4, 0.5) is 10.5 Å². The Morgan fingerprint density at radius 2 is 1.61 bits per heavy atom. The number of hydrogen-bond donors (Lipinski definition) is 3. The summed E-state index contributed by atoms with van der Waals surface area (Å²) in [4.78, 5) is 73.2. The number of imide groups is 1. The number of nitrogens with zero attached hydrogens (tertiary/aromatic N) is 6. The highest BCUT2D eigenvalue weighted by atomic mass is 16.5. The van der Waals surface area contributed by atoms with Crippen molar-refractivity contribution in [2.75, 3.05) is 72.5 Å². The molecule has 5 aliphatic heterocycles. The number of carbonyl (C=O) groups is 4. The second-order valence-corrected chi connectivity index (χ2v) is 17.5. The molecule has 332 valence electrons. The number of urea groups is 1. The van der Waals surface area contributed by atoms with E-state index < -0.39 is 18.2 Å². The number of fused-ring (bicyclic) bond motifs is 2. The van der Waals surface area contributed by atoms with Crippen LogP contribution in [0.15, 0.2) is 41.3 Å². The first kappa shape index (κ1) is 43.2. The lowest BCUT2D eigenvalue weighted by Crippen LogP contribution is -2.53. The van der Waals surface area contributed by atoms with Gasteiger partial charge in [0, 0.05) is 86.9 Å². The van der Waals surface area contributed by atoms with Crippen LogP contribution in [0.1, 0.15) is 83.8 Å². The van der Waals surface area contributed by atoms with Gasteiger partial charge in [-0.1, -0.05) is 0 Å². The molecule has 5 amide bonds. The highest BCUT2D eigenvalue weighted by Crippen LogP contribution is 2.40. The van der Waals surface area contributed by atoms with Gasteiger partial charge in [0.2, 0.25) is 11.8 Å². The van der Waals surface area contributed by atoms with Gasteiger partial charge in [-0.3, -0.25) is 34.3 Å². The van der Waals surface area contributed by atoms with Crippen molar-refractivity contribution in [3.05, 3.63) is 74.7 Å². The van der Waals surface area contributed by atoms with E-state index in [1.54, 1.807) is 43.8 Å². The van der Waals surface area contributed by atoms with Gasteiger partial charge in [0.25, 0.3) is 11.5 Å². The Labute approximate surface area is 362 Å². The number of aromatic nitrogens is 1. The minimum absolute atomic E-state index is 0.0939. The number of likely N-dealkylation sites (tertiary alicyclic amines) is 1. The Kier molecular flexibility index (Phi) is 12.6. The fraction of sp³-hybridized carbons (Fsp3) is 0.543. The fourth-order valence-electron chi connectivity index (χ4n) is 10.3. The lowest BCUT2D eigenvalue weighted by atomic mass is 9.91. The van der Waals surface area contributed by atoms with Crippen molar-refractivity contribution in [1.29, 1.82) is 0 Å². The normalized spacial score (nSPS) is 21.3. The van der Waals surface area contributed by atoms with Crippen LogP contribution in [0, 0.1) is 5.92 Å². The number of carbonyl (C=O) groups excluding carboxylic acids is 4. The number of anilines is 1. The molecule has 2 unspecified atom stereocenters. The molecule has 2 atom stereocenters. The number of piperidine rings is 3. The highest BCUT2D eigenvalue weighted by Gasteiger charge is 2.44. The third-order valence-corrected chi connectivity index (χ3v) is 14.0. The van der Waals surface area contributed by atoms with Gasteiger partial charge in [0.05, 0.1) is 26.3 Å². The first-order chi connectivity index (χ1) is 29.9. The summed E-state index contributed by atoms with van der Waals surface area (Å²) in [6.45, 7) is 6.26. The van der Waals surface area contributed by atoms with Crippen LogP contribution in [-0.2, 0) is 36.1 Å². The van der Waals surface area contributed by atoms with Crippen molar-refractivity contribution in [1.82, 2.24) is 34.8 Å². The van der Waals surface area contributed by atoms with Crippen LogP contribution in [0.2, 0.25) is 0 Å². The van der Waals surface area contributed by atoms with Crippen LogP contribution >= 0.6 is 0 Å². The number of benzene rings is 2. The smallest absolute Gasteiger partial charge is 0.317 e. The van der Waals surface area contributed by atoms with Crippen LogP contribution in [0.25, 0.3) is 11.1 Å². The molecule has 16 nitrogen and oxygen atoms in total. The van der Waals surface area contributed by atoms with Gasteiger partial charge in [-0.2, -0.15) is 0 Å². The number of rotatable bonds is 11. The Morgan fingerprint density at radius 1 is 0.903 bits per heavy atom. The van der Waals surface area contributed by atoms with Crippen molar-refractivity contribution in [3.8, 4) is 22.6 Å². The second-order valence-electron chi connectivity index (χ2n) is 17.5. The Bertz CT molecular complexity index is 2260. The monoisotopic (exact) mass is 852 g/mol. The SMILES string of the molecule is CNC(=O)N1CCc2c(-c3cc(OC)c(CN4CCC(CCN(C)C5CCN(c6ccc7c(c6)C(O)N(C6CCC(=O)NC6=O)C7=O)CC5)CC4)c(OC)c3)cn(C)c(=O)c2C1. The van der Waals surface area contributed by atoms with Crippen molar-refractivity contribution in [2.45, 2.75) is 82.8 Å².